The van der Waals surface area contributed by atoms with E-state index in [0.29, 0.717) is 11.5 Å². The van der Waals surface area contributed by atoms with Crippen molar-refractivity contribution in [2.75, 3.05) is 5.32 Å². The van der Waals surface area contributed by atoms with Gasteiger partial charge < -0.3 is 5.32 Å². The summed E-state index contributed by atoms with van der Waals surface area (Å²) in [5, 5.41) is 6.85. The largest absolute Gasteiger partial charge is 0.335 e. The van der Waals surface area contributed by atoms with Crippen molar-refractivity contribution in [3.05, 3.63) is 40.2 Å². The quantitative estimate of drug-likeness (QED) is 0.843. The van der Waals surface area contributed by atoms with Crippen LogP contribution in [0.5, 0.6) is 0 Å². The molecule has 0 saturated heterocycles. The molecule has 0 unspecified atom stereocenters. The van der Waals surface area contributed by atoms with E-state index in [1.807, 2.05) is 0 Å². The molecule has 6 nitrogen and oxygen atoms in total. The molecule has 82 valence electrons. The predicted octanol–water partition coefficient (Wildman–Crippen LogP) is 0.967. The van der Waals surface area contributed by atoms with Crippen LogP contribution in [0.1, 0.15) is 0 Å². The zero-order chi connectivity index (χ0) is 11.5. The minimum absolute atomic E-state index is 0.235. The molecule has 0 aliphatic rings. The number of aryl methyl sites for hydroxylation is 1. The SMILES string of the molecule is Cn1nc(Cl)cc(Nc2ccncn2)c1=O. The molecule has 0 saturated carbocycles. The number of halogens is 1. The fraction of sp³-hybridized carbons (Fsp3) is 0.111. The Bertz CT molecular complexity index is 554. The molecule has 0 aromatic carbocycles. The lowest BCUT2D eigenvalue weighted by Gasteiger charge is -2.05. The van der Waals surface area contributed by atoms with Crippen LogP contribution in [-0.2, 0) is 7.05 Å². The van der Waals surface area contributed by atoms with E-state index in [-0.39, 0.29) is 10.7 Å². The molecule has 2 heterocycles. The third-order valence-electron chi connectivity index (χ3n) is 1.88. The molecule has 2 rings (SSSR count). The average molecular weight is 238 g/mol. The van der Waals surface area contributed by atoms with Crippen molar-refractivity contribution in [2.45, 2.75) is 0 Å². The second kappa shape index (κ2) is 4.28. The lowest BCUT2D eigenvalue weighted by Crippen LogP contribution is -2.22. The summed E-state index contributed by atoms with van der Waals surface area (Å²) in [5.74, 6) is 0.523. The van der Waals surface area contributed by atoms with E-state index in [4.69, 9.17) is 11.6 Å². The standard InChI is InChI=1S/C9H8ClN5O/c1-15-9(16)6(4-7(10)14-15)13-8-2-3-11-5-12-8/h2-5H,1H3,(H,11,12,13). The number of nitrogens with one attached hydrogen (secondary N) is 1. The maximum absolute atomic E-state index is 11.7. The number of anilines is 2. The van der Waals surface area contributed by atoms with Crippen LogP contribution in [0.15, 0.2) is 29.5 Å². The third kappa shape index (κ3) is 2.17. The van der Waals surface area contributed by atoms with Crippen molar-refractivity contribution in [3.8, 4) is 0 Å². The summed E-state index contributed by atoms with van der Waals surface area (Å²) in [5.41, 5.74) is 0.0456. The van der Waals surface area contributed by atoms with Crippen LogP contribution in [-0.4, -0.2) is 19.7 Å². The monoisotopic (exact) mass is 237 g/mol. The van der Waals surface area contributed by atoms with Gasteiger partial charge in [-0.2, -0.15) is 5.10 Å². The summed E-state index contributed by atoms with van der Waals surface area (Å²) in [7, 11) is 1.53. The van der Waals surface area contributed by atoms with Gasteiger partial charge in [-0.25, -0.2) is 14.6 Å². The Balaban J connectivity index is 2.39. The van der Waals surface area contributed by atoms with Crippen LogP contribution >= 0.6 is 11.6 Å². The van der Waals surface area contributed by atoms with E-state index in [1.165, 1.54) is 19.4 Å². The Hall–Kier alpha value is -1.95. The maximum atomic E-state index is 11.7. The zero-order valence-electron chi connectivity index (χ0n) is 8.38. The summed E-state index contributed by atoms with van der Waals surface area (Å²) in [4.78, 5) is 19.4. The van der Waals surface area contributed by atoms with Crippen molar-refractivity contribution >= 4 is 23.1 Å². The van der Waals surface area contributed by atoms with Crippen molar-refractivity contribution < 1.29 is 0 Å². The van der Waals surface area contributed by atoms with E-state index in [9.17, 15) is 4.79 Å². The number of rotatable bonds is 2. The zero-order valence-corrected chi connectivity index (χ0v) is 9.14. The molecule has 1 N–H and O–H groups in total. The van der Waals surface area contributed by atoms with Gasteiger partial charge in [-0.05, 0) is 6.07 Å². The molecule has 2 aromatic rings. The topological polar surface area (TPSA) is 72.7 Å². The first kappa shape index (κ1) is 10.6. The van der Waals surface area contributed by atoms with Crippen molar-refractivity contribution in [1.82, 2.24) is 19.7 Å². The van der Waals surface area contributed by atoms with Crippen molar-refractivity contribution in [3.63, 3.8) is 0 Å². The normalized spacial score (nSPS) is 10.1. The van der Waals surface area contributed by atoms with Crippen LogP contribution in [0.25, 0.3) is 0 Å². The van der Waals surface area contributed by atoms with Gasteiger partial charge in [0.1, 0.15) is 17.8 Å². The highest BCUT2D eigenvalue weighted by Gasteiger charge is 2.05. The van der Waals surface area contributed by atoms with Gasteiger partial charge in [-0.15, -0.1) is 0 Å². The number of nitrogens with zero attached hydrogens (tertiary/aromatic N) is 4. The van der Waals surface area contributed by atoms with Gasteiger partial charge in [0.2, 0.25) is 0 Å². The van der Waals surface area contributed by atoms with Crippen LogP contribution < -0.4 is 10.9 Å². The van der Waals surface area contributed by atoms with Crippen molar-refractivity contribution in [1.29, 1.82) is 0 Å². The molecule has 0 aliphatic heterocycles. The van der Waals surface area contributed by atoms with Gasteiger partial charge in [-0.3, -0.25) is 4.79 Å². The molecule has 0 fully saturated rings. The first-order valence-electron chi connectivity index (χ1n) is 4.44. The molecule has 0 spiro atoms. The Morgan fingerprint density at radius 2 is 2.31 bits per heavy atom. The first-order chi connectivity index (χ1) is 7.66. The van der Waals surface area contributed by atoms with Crippen molar-refractivity contribution in [2.24, 2.45) is 7.05 Å². The molecule has 0 bridgehead atoms. The molecule has 7 heteroatoms. The number of hydrogen-bond donors (Lipinski definition) is 1. The maximum Gasteiger partial charge on any atom is 0.290 e. The highest BCUT2D eigenvalue weighted by molar-refractivity contribution is 6.29. The van der Waals surface area contributed by atoms with E-state index < -0.39 is 0 Å². The number of hydrogen-bond acceptors (Lipinski definition) is 5. The fourth-order valence-corrected chi connectivity index (χ4v) is 1.39. The van der Waals surface area contributed by atoms with E-state index in [1.54, 1.807) is 12.3 Å². The van der Waals surface area contributed by atoms with E-state index >= 15 is 0 Å². The summed E-state index contributed by atoms with van der Waals surface area (Å²) in [6.07, 6.45) is 2.96. The lowest BCUT2D eigenvalue weighted by atomic mass is 10.4. The summed E-state index contributed by atoms with van der Waals surface area (Å²) < 4.78 is 1.16. The molecule has 16 heavy (non-hydrogen) atoms. The summed E-state index contributed by atoms with van der Waals surface area (Å²) >= 11 is 5.74. The molecule has 0 atom stereocenters. The minimum atomic E-state index is -0.275. The molecule has 0 radical (unpaired) electrons. The smallest absolute Gasteiger partial charge is 0.290 e. The molecular weight excluding hydrogens is 230 g/mol. The molecular formula is C9H8ClN5O. The van der Waals surface area contributed by atoms with Crippen LogP contribution in [0.4, 0.5) is 11.5 Å². The first-order valence-corrected chi connectivity index (χ1v) is 4.81. The second-order valence-corrected chi connectivity index (χ2v) is 3.42. The second-order valence-electron chi connectivity index (χ2n) is 3.03. The van der Waals surface area contributed by atoms with Gasteiger partial charge >= 0.3 is 0 Å². The van der Waals surface area contributed by atoms with Gasteiger partial charge in [0.05, 0.1) is 0 Å². The summed E-state index contributed by atoms with van der Waals surface area (Å²) in [6, 6.07) is 3.10. The molecule has 2 aromatic heterocycles. The van der Waals surface area contributed by atoms with E-state index in [0.717, 1.165) is 4.68 Å². The molecule has 0 aliphatic carbocycles. The predicted molar refractivity (Wildman–Crippen MR) is 59.8 cm³/mol. The average Bonchev–Trinajstić information content (AvgIpc) is 2.27. The fourth-order valence-electron chi connectivity index (χ4n) is 1.16. The molecule has 0 amide bonds. The Labute approximate surface area is 95.9 Å². The third-order valence-corrected chi connectivity index (χ3v) is 2.06. The van der Waals surface area contributed by atoms with Gasteiger partial charge in [0.25, 0.3) is 5.56 Å². The lowest BCUT2D eigenvalue weighted by molar-refractivity contribution is 0.710. The Morgan fingerprint density at radius 3 is 3.00 bits per heavy atom. The van der Waals surface area contributed by atoms with E-state index in [2.05, 4.69) is 20.4 Å². The summed E-state index contributed by atoms with van der Waals surface area (Å²) in [6.45, 7) is 0. The Kier molecular flexibility index (Phi) is 2.82. The van der Waals surface area contributed by atoms with Gasteiger partial charge in [-0.1, -0.05) is 11.6 Å². The Morgan fingerprint density at radius 1 is 1.50 bits per heavy atom. The van der Waals surface area contributed by atoms with Crippen LogP contribution in [0.2, 0.25) is 5.15 Å². The highest BCUT2D eigenvalue weighted by atomic mass is 35.5. The van der Waals surface area contributed by atoms with Crippen LogP contribution in [0, 0.1) is 0 Å². The van der Waals surface area contributed by atoms with Gasteiger partial charge in [0.15, 0.2) is 5.15 Å². The van der Waals surface area contributed by atoms with Gasteiger partial charge in [0, 0.05) is 19.3 Å². The highest BCUT2D eigenvalue weighted by Crippen LogP contribution is 2.11. The minimum Gasteiger partial charge on any atom is -0.335 e. The number of aromatic nitrogens is 4. The van der Waals surface area contributed by atoms with Crippen LogP contribution in [0.3, 0.4) is 0 Å².